The first kappa shape index (κ1) is 12.9. The first-order valence-corrected chi connectivity index (χ1v) is 7.62. The van der Waals surface area contributed by atoms with Gasteiger partial charge in [0.05, 0.1) is 0 Å². The second-order valence-electron chi connectivity index (χ2n) is 5.93. The van der Waals surface area contributed by atoms with Crippen LogP contribution in [-0.2, 0) is 0 Å². The summed E-state index contributed by atoms with van der Waals surface area (Å²) in [5, 5.41) is 0. The van der Waals surface area contributed by atoms with Crippen molar-refractivity contribution < 1.29 is 0 Å². The molecule has 0 radical (unpaired) electrons. The zero-order valence-corrected chi connectivity index (χ0v) is 11.7. The monoisotopic (exact) mass is 259 g/mol. The van der Waals surface area contributed by atoms with Crippen LogP contribution in [0.5, 0.6) is 0 Å². The normalized spacial score (nSPS) is 29.4. The van der Waals surface area contributed by atoms with E-state index in [0.29, 0.717) is 6.04 Å². The lowest BCUT2D eigenvalue weighted by atomic mass is 9.90. The maximum atomic E-state index is 6.00. The van der Waals surface area contributed by atoms with E-state index in [9.17, 15) is 0 Å². The molecule has 2 N–H and O–H groups in total. The molecule has 1 heterocycles. The molecular weight excluding hydrogens is 234 g/mol. The second-order valence-corrected chi connectivity index (χ2v) is 5.93. The molecule has 2 aliphatic rings. The summed E-state index contributed by atoms with van der Waals surface area (Å²) >= 11 is 0. The molecule has 104 valence electrons. The second kappa shape index (κ2) is 5.93. The largest absolute Gasteiger partial charge is 0.369 e. The lowest BCUT2D eigenvalue weighted by molar-refractivity contribution is 0.142. The minimum Gasteiger partial charge on any atom is -0.369 e. The summed E-state index contributed by atoms with van der Waals surface area (Å²) in [6.07, 6.45) is 5.02. The molecule has 1 aromatic rings. The van der Waals surface area contributed by atoms with Crippen LogP contribution < -0.4 is 10.6 Å². The molecule has 2 fully saturated rings. The summed E-state index contributed by atoms with van der Waals surface area (Å²) in [5.74, 6) is 0. The van der Waals surface area contributed by atoms with E-state index < -0.39 is 0 Å². The molecule has 0 aromatic heterocycles. The lowest BCUT2D eigenvalue weighted by Crippen LogP contribution is -2.51. The quantitative estimate of drug-likeness (QED) is 0.882. The Morgan fingerprint density at radius 1 is 0.842 bits per heavy atom. The first-order chi connectivity index (χ1) is 9.33. The zero-order valence-electron chi connectivity index (χ0n) is 11.7. The predicted molar refractivity (Wildman–Crippen MR) is 80.5 cm³/mol. The Balaban J connectivity index is 1.52. The van der Waals surface area contributed by atoms with Crippen LogP contribution in [0.1, 0.15) is 25.7 Å². The third-order valence-corrected chi connectivity index (χ3v) is 4.69. The molecule has 3 rings (SSSR count). The highest BCUT2D eigenvalue weighted by atomic mass is 15.3. The van der Waals surface area contributed by atoms with Gasteiger partial charge >= 0.3 is 0 Å². The summed E-state index contributed by atoms with van der Waals surface area (Å²) in [4.78, 5) is 5.19. The smallest absolute Gasteiger partial charge is 0.0367 e. The highest BCUT2D eigenvalue weighted by molar-refractivity contribution is 5.46. The van der Waals surface area contributed by atoms with Crippen molar-refractivity contribution in [1.29, 1.82) is 0 Å². The Labute approximate surface area is 116 Å². The van der Waals surface area contributed by atoms with Crippen molar-refractivity contribution in [3.8, 4) is 0 Å². The van der Waals surface area contributed by atoms with E-state index in [4.69, 9.17) is 5.73 Å². The Kier molecular flexibility index (Phi) is 4.04. The maximum Gasteiger partial charge on any atom is 0.0367 e. The van der Waals surface area contributed by atoms with Crippen LogP contribution in [0.2, 0.25) is 0 Å². The SMILES string of the molecule is N[C@H]1CC[C@@H](N2CCN(c3ccccc3)CC2)CC1. The van der Waals surface area contributed by atoms with Crippen LogP contribution in [0.15, 0.2) is 30.3 Å². The predicted octanol–water partition coefficient (Wildman–Crippen LogP) is 2.08. The molecule has 1 aliphatic carbocycles. The van der Waals surface area contributed by atoms with Gasteiger partial charge in [-0.05, 0) is 37.8 Å². The number of hydrogen-bond acceptors (Lipinski definition) is 3. The van der Waals surface area contributed by atoms with Crippen LogP contribution in [-0.4, -0.2) is 43.2 Å². The van der Waals surface area contributed by atoms with Gasteiger partial charge in [-0.3, -0.25) is 4.90 Å². The first-order valence-electron chi connectivity index (χ1n) is 7.62. The third kappa shape index (κ3) is 3.10. The average molecular weight is 259 g/mol. The van der Waals surface area contributed by atoms with Crippen molar-refractivity contribution in [2.45, 2.75) is 37.8 Å². The number of hydrogen-bond donors (Lipinski definition) is 1. The highest BCUT2D eigenvalue weighted by Gasteiger charge is 2.27. The van der Waals surface area contributed by atoms with Gasteiger partial charge in [-0.2, -0.15) is 0 Å². The van der Waals surface area contributed by atoms with Crippen LogP contribution in [0.25, 0.3) is 0 Å². The summed E-state index contributed by atoms with van der Waals surface area (Å²) in [7, 11) is 0. The third-order valence-electron chi connectivity index (χ3n) is 4.69. The number of benzene rings is 1. The summed E-state index contributed by atoms with van der Waals surface area (Å²) < 4.78 is 0. The number of nitrogens with zero attached hydrogens (tertiary/aromatic N) is 2. The molecule has 1 saturated heterocycles. The van der Waals surface area contributed by atoms with Gasteiger partial charge in [0.15, 0.2) is 0 Å². The van der Waals surface area contributed by atoms with E-state index >= 15 is 0 Å². The molecule has 0 bridgehead atoms. The average Bonchev–Trinajstić information content (AvgIpc) is 2.49. The number of nitrogens with two attached hydrogens (primary N) is 1. The van der Waals surface area contributed by atoms with Gasteiger partial charge in [0.25, 0.3) is 0 Å². The molecule has 1 aromatic carbocycles. The maximum absolute atomic E-state index is 6.00. The van der Waals surface area contributed by atoms with E-state index in [1.807, 2.05) is 0 Å². The van der Waals surface area contributed by atoms with E-state index in [0.717, 1.165) is 19.1 Å². The molecule has 0 unspecified atom stereocenters. The van der Waals surface area contributed by atoms with Crippen molar-refractivity contribution in [3.05, 3.63) is 30.3 Å². The van der Waals surface area contributed by atoms with Crippen molar-refractivity contribution in [1.82, 2.24) is 4.90 Å². The fraction of sp³-hybridized carbons (Fsp3) is 0.625. The standard InChI is InChI=1S/C16H25N3/c17-14-6-8-16(9-7-14)19-12-10-18(11-13-19)15-4-2-1-3-5-15/h1-5,14,16H,6-13,17H2/t14-,16+. The van der Waals surface area contributed by atoms with Crippen LogP contribution in [0.4, 0.5) is 5.69 Å². The Hall–Kier alpha value is -1.06. The fourth-order valence-electron chi connectivity index (χ4n) is 3.45. The summed E-state index contributed by atoms with van der Waals surface area (Å²) in [6.45, 7) is 4.72. The number of rotatable bonds is 2. The van der Waals surface area contributed by atoms with Gasteiger partial charge in [0, 0.05) is 44.0 Å². The molecule has 19 heavy (non-hydrogen) atoms. The van der Waals surface area contributed by atoms with Gasteiger partial charge in [-0.25, -0.2) is 0 Å². The van der Waals surface area contributed by atoms with Gasteiger partial charge in [0.1, 0.15) is 0 Å². The molecule has 3 nitrogen and oxygen atoms in total. The molecule has 1 aliphatic heterocycles. The molecule has 1 saturated carbocycles. The molecular formula is C16H25N3. The molecule has 0 spiro atoms. The Morgan fingerprint density at radius 2 is 1.47 bits per heavy atom. The van der Waals surface area contributed by atoms with Crippen molar-refractivity contribution in [2.24, 2.45) is 5.73 Å². The van der Waals surface area contributed by atoms with Crippen LogP contribution in [0, 0.1) is 0 Å². The number of piperazine rings is 1. The van der Waals surface area contributed by atoms with Gasteiger partial charge in [-0.1, -0.05) is 18.2 Å². The van der Waals surface area contributed by atoms with Crippen LogP contribution >= 0.6 is 0 Å². The van der Waals surface area contributed by atoms with Gasteiger partial charge in [0.2, 0.25) is 0 Å². The summed E-state index contributed by atoms with van der Waals surface area (Å²) in [5.41, 5.74) is 7.37. The van der Waals surface area contributed by atoms with Gasteiger partial charge in [-0.15, -0.1) is 0 Å². The molecule has 3 heteroatoms. The molecule has 0 atom stereocenters. The number of anilines is 1. The van der Waals surface area contributed by atoms with Crippen LogP contribution in [0.3, 0.4) is 0 Å². The van der Waals surface area contributed by atoms with E-state index in [1.54, 1.807) is 0 Å². The topological polar surface area (TPSA) is 32.5 Å². The van der Waals surface area contributed by atoms with Crippen molar-refractivity contribution in [2.75, 3.05) is 31.1 Å². The highest BCUT2D eigenvalue weighted by Crippen LogP contribution is 2.24. The summed E-state index contributed by atoms with van der Waals surface area (Å²) in [6, 6.07) is 12.0. The van der Waals surface area contributed by atoms with E-state index in [1.165, 1.54) is 44.5 Å². The zero-order chi connectivity index (χ0) is 13.1. The Bertz CT molecular complexity index is 376. The lowest BCUT2D eigenvalue weighted by Gasteiger charge is -2.42. The van der Waals surface area contributed by atoms with E-state index in [2.05, 4.69) is 40.1 Å². The minimum atomic E-state index is 0.460. The van der Waals surface area contributed by atoms with Gasteiger partial charge < -0.3 is 10.6 Å². The fourth-order valence-corrected chi connectivity index (χ4v) is 3.45. The minimum absolute atomic E-state index is 0.460. The Morgan fingerprint density at radius 3 is 2.11 bits per heavy atom. The van der Waals surface area contributed by atoms with E-state index in [-0.39, 0.29) is 0 Å². The number of para-hydroxylation sites is 1. The van der Waals surface area contributed by atoms with Crippen molar-refractivity contribution in [3.63, 3.8) is 0 Å². The van der Waals surface area contributed by atoms with Crippen molar-refractivity contribution >= 4 is 5.69 Å². The molecule has 0 amide bonds.